The first-order valence-corrected chi connectivity index (χ1v) is 9.16. The Morgan fingerprint density at radius 1 is 0.826 bits per heavy atom. The number of hydrogen-bond donors (Lipinski definition) is 2. The van der Waals surface area contributed by atoms with Gasteiger partial charge in [-0.2, -0.15) is 0 Å². The lowest BCUT2D eigenvalue weighted by molar-refractivity contribution is -0.168. The van der Waals surface area contributed by atoms with E-state index in [0.717, 1.165) is 19.3 Å². The Labute approximate surface area is 140 Å². The summed E-state index contributed by atoms with van der Waals surface area (Å²) >= 11 is 0. The highest BCUT2D eigenvalue weighted by Crippen LogP contribution is 2.13. The van der Waals surface area contributed by atoms with Crippen molar-refractivity contribution in [2.24, 2.45) is 0 Å². The van der Waals surface area contributed by atoms with E-state index in [2.05, 4.69) is 11.7 Å². The van der Waals surface area contributed by atoms with Gasteiger partial charge in [-0.1, -0.05) is 77.6 Å². The standard InChI is InChI=1S/C18H34O5/c1-2-3-4-5-6-7-8-9-10-11-12-13-14-16(15-19)23-18(22)17(20)21/h16,19H,2-15H2,1H3,(H,20,21). The third-order valence-corrected chi connectivity index (χ3v) is 4.03. The molecule has 2 N–H and O–H groups in total. The van der Waals surface area contributed by atoms with Crippen LogP contribution in [0.1, 0.15) is 90.4 Å². The Hall–Kier alpha value is -1.10. The SMILES string of the molecule is CCCCCCCCCCCCCCC(CO)OC(=O)C(=O)O. The van der Waals surface area contributed by atoms with Gasteiger partial charge in [0.25, 0.3) is 0 Å². The molecular weight excluding hydrogens is 296 g/mol. The van der Waals surface area contributed by atoms with Gasteiger partial charge in [0.2, 0.25) is 0 Å². The summed E-state index contributed by atoms with van der Waals surface area (Å²) in [5.74, 6) is -2.90. The zero-order valence-corrected chi connectivity index (χ0v) is 14.6. The van der Waals surface area contributed by atoms with E-state index in [1.54, 1.807) is 0 Å². The molecule has 0 saturated heterocycles. The average molecular weight is 330 g/mol. The van der Waals surface area contributed by atoms with Crippen LogP contribution in [-0.2, 0) is 14.3 Å². The van der Waals surface area contributed by atoms with E-state index >= 15 is 0 Å². The molecule has 0 radical (unpaired) electrons. The molecule has 136 valence electrons. The van der Waals surface area contributed by atoms with Crippen LogP contribution >= 0.6 is 0 Å². The van der Waals surface area contributed by atoms with Gasteiger partial charge in [0.05, 0.1) is 6.61 Å². The predicted molar refractivity (Wildman–Crippen MR) is 90.3 cm³/mol. The minimum atomic E-state index is -1.61. The van der Waals surface area contributed by atoms with E-state index in [-0.39, 0.29) is 6.61 Å². The highest BCUT2D eigenvalue weighted by Gasteiger charge is 2.18. The normalized spacial score (nSPS) is 12.1. The first-order valence-electron chi connectivity index (χ1n) is 9.16. The van der Waals surface area contributed by atoms with E-state index in [1.165, 1.54) is 57.8 Å². The smallest absolute Gasteiger partial charge is 0.417 e. The summed E-state index contributed by atoms with van der Waals surface area (Å²) in [6.07, 6.45) is 14.7. The number of aliphatic hydroxyl groups is 1. The molecule has 0 heterocycles. The number of ether oxygens (including phenoxy) is 1. The van der Waals surface area contributed by atoms with Crippen LogP contribution in [0, 0.1) is 0 Å². The van der Waals surface area contributed by atoms with Crippen LogP contribution in [-0.4, -0.2) is 34.9 Å². The Morgan fingerprint density at radius 3 is 1.65 bits per heavy atom. The van der Waals surface area contributed by atoms with E-state index in [9.17, 15) is 9.59 Å². The summed E-state index contributed by atoms with van der Waals surface area (Å²) in [4.78, 5) is 21.3. The maximum Gasteiger partial charge on any atom is 0.417 e. The first kappa shape index (κ1) is 21.9. The lowest BCUT2D eigenvalue weighted by Gasteiger charge is -2.13. The number of rotatable bonds is 15. The Balaban J connectivity index is 3.37. The third-order valence-electron chi connectivity index (χ3n) is 4.03. The third kappa shape index (κ3) is 14.2. The number of carbonyl (C=O) groups excluding carboxylic acids is 1. The zero-order valence-electron chi connectivity index (χ0n) is 14.6. The van der Waals surface area contributed by atoms with Crippen molar-refractivity contribution >= 4 is 11.9 Å². The van der Waals surface area contributed by atoms with Gasteiger partial charge in [-0.25, -0.2) is 9.59 Å². The summed E-state index contributed by atoms with van der Waals surface area (Å²) in [6.45, 7) is 1.91. The van der Waals surface area contributed by atoms with Crippen LogP contribution in [0.2, 0.25) is 0 Å². The maximum atomic E-state index is 10.9. The molecule has 0 fully saturated rings. The van der Waals surface area contributed by atoms with Crippen LogP contribution in [0.5, 0.6) is 0 Å². The molecular formula is C18H34O5. The summed E-state index contributed by atoms with van der Waals surface area (Å²) in [5, 5.41) is 17.5. The van der Waals surface area contributed by atoms with Crippen LogP contribution in [0.4, 0.5) is 0 Å². The van der Waals surface area contributed by atoms with Crippen molar-refractivity contribution < 1.29 is 24.5 Å². The number of hydrogen-bond acceptors (Lipinski definition) is 4. The van der Waals surface area contributed by atoms with Gasteiger partial charge in [-0.3, -0.25) is 0 Å². The fourth-order valence-corrected chi connectivity index (χ4v) is 2.60. The Bertz CT molecular complexity index is 304. The van der Waals surface area contributed by atoms with Gasteiger partial charge >= 0.3 is 11.9 Å². The van der Waals surface area contributed by atoms with Crippen molar-refractivity contribution in [3.8, 4) is 0 Å². The largest absolute Gasteiger partial charge is 0.473 e. The van der Waals surface area contributed by atoms with E-state index in [0.29, 0.717) is 6.42 Å². The fourth-order valence-electron chi connectivity index (χ4n) is 2.60. The number of unbranched alkanes of at least 4 members (excludes halogenated alkanes) is 11. The second kappa shape index (κ2) is 15.8. The molecule has 0 amide bonds. The monoisotopic (exact) mass is 330 g/mol. The molecule has 0 aromatic heterocycles. The van der Waals surface area contributed by atoms with Crippen molar-refractivity contribution in [1.82, 2.24) is 0 Å². The number of aliphatic hydroxyl groups excluding tert-OH is 1. The van der Waals surface area contributed by atoms with Gasteiger partial charge in [0.15, 0.2) is 0 Å². The molecule has 0 aliphatic rings. The van der Waals surface area contributed by atoms with E-state index in [4.69, 9.17) is 10.2 Å². The molecule has 5 nitrogen and oxygen atoms in total. The van der Waals surface area contributed by atoms with Gasteiger partial charge in [-0.05, 0) is 12.8 Å². The Kier molecular flexibility index (Phi) is 15.0. The molecule has 5 heteroatoms. The molecule has 0 rings (SSSR count). The average Bonchev–Trinajstić information content (AvgIpc) is 2.54. The Morgan fingerprint density at radius 2 is 1.26 bits per heavy atom. The lowest BCUT2D eigenvalue weighted by Crippen LogP contribution is -2.26. The number of carbonyl (C=O) groups is 2. The predicted octanol–water partition coefficient (Wildman–Crippen LogP) is 4.07. The molecule has 0 aromatic carbocycles. The van der Waals surface area contributed by atoms with Crippen molar-refractivity contribution in [1.29, 1.82) is 0 Å². The second-order valence-electron chi connectivity index (χ2n) is 6.19. The summed E-state index contributed by atoms with van der Waals surface area (Å²) < 4.78 is 4.67. The molecule has 0 spiro atoms. The molecule has 0 aliphatic carbocycles. The number of carboxylic acids is 1. The first-order chi connectivity index (χ1) is 11.1. The van der Waals surface area contributed by atoms with E-state index < -0.39 is 18.0 Å². The highest BCUT2D eigenvalue weighted by molar-refractivity contribution is 6.28. The zero-order chi connectivity index (χ0) is 17.3. The number of carboxylic acid groups (broad SMARTS) is 1. The maximum absolute atomic E-state index is 10.9. The van der Waals surface area contributed by atoms with Gasteiger partial charge in [0.1, 0.15) is 6.10 Å². The molecule has 0 bridgehead atoms. The minimum absolute atomic E-state index is 0.322. The highest BCUT2D eigenvalue weighted by atomic mass is 16.6. The number of aliphatic carboxylic acids is 1. The molecule has 1 atom stereocenters. The van der Waals surface area contributed by atoms with Crippen LogP contribution < -0.4 is 0 Å². The summed E-state index contributed by atoms with van der Waals surface area (Å²) in [5.41, 5.74) is 0. The summed E-state index contributed by atoms with van der Waals surface area (Å²) in [7, 11) is 0. The fraction of sp³-hybridized carbons (Fsp3) is 0.889. The molecule has 0 aromatic rings. The van der Waals surface area contributed by atoms with Crippen molar-refractivity contribution in [2.75, 3.05) is 6.61 Å². The quantitative estimate of drug-likeness (QED) is 0.269. The van der Waals surface area contributed by atoms with Crippen molar-refractivity contribution in [2.45, 2.75) is 96.5 Å². The van der Waals surface area contributed by atoms with Gasteiger partial charge in [0, 0.05) is 0 Å². The van der Waals surface area contributed by atoms with E-state index in [1.807, 2.05) is 0 Å². The van der Waals surface area contributed by atoms with Crippen LogP contribution in [0.3, 0.4) is 0 Å². The van der Waals surface area contributed by atoms with Crippen molar-refractivity contribution in [3.05, 3.63) is 0 Å². The van der Waals surface area contributed by atoms with Crippen LogP contribution in [0.15, 0.2) is 0 Å². The van der Waals surface area contributed by atoms with Gasteiger partial charge in [-0.15, -0.1) is 0 Å². The minimum Gasteiger partial charge on any atom is -0.473 e. The molecule has 0 saturated carbocycles. The second-order valence-corrected chi connectivity index (χ2v) is 6.19. The topological polar surface area (TPSA) is 83.8 Å². The number of esters is 1. The summed E-state index contributed by atoms with van der Waals surface area (Å²) in [6, 6.07) is 0. The van der Waals surface area contributed by atoms with Crippen LogP contribution in [0.25, 0.3) is 0 Å². The lowest BCUT2D eigenvalue weighted by atomic mass is 10.0. The van der Waals surface area contributed by atoms with Gasteiger partial charge < -0.3 is 14.9 Å². The van der Waals surface area contributed by atoms with Crippen molar-refractivity contribution in [3.63, 3.8) is 0 Å². The molecule has 23 heavy (non-hydrogen) atoms. The molecule has 1 unspecified atom stereocenters. The molecule has 0 aliphatic heterocycles.